The maximum Gasteiger partial charge on any atom is 0.243 e. The van der Waals surface area contributed by atoms with Gasteiger partial charge in [0.25, 0.3) is 0 Å². The molecule has 0 aliphatic carbocycles. The summed E-state index contributed by atoms with van der Waals surface area (Å²) in [5.41, 5.74) is 4.54. The first-order valence-corrected chi connectivity index (χ1v) is 12.7. The fraction of sp³-hybridized carbons (Fsp3) is 0.304. The van der Waals surface area contributed by atoms with Crippen molar-refractivity contribution in [1.29, 1.82) is 0 Å². The van der Waals surface area contributed by atoms with E-state index in [1.54, 1.807) is 40.7 Å². The van der Waals surface area contributed by atoms with Crippen molar-refractivity contribution in [2.45, 2.75) is 25.2 Å². The molecule has 1 fully saturated rings. The van der Waals surface area contributed by atoms with Crippen LogP contribution in [0.3, 0.4) is 0 Å². The van der Waals surface area contributed by atoms with Crippen molar-refractivity contribution in [3.05, 3.63) is 65.3 Å². The van der Waals surface area contributed by atoms with Crippen LogP contribution >= 0.6 is 11.3 Å². The highest BCUT2D eigenvalue weighted by atomic mass is 32.2. The van der Waals surface area contributed by atoms with Crippen LogP contribution in [0.15, 0.2) is 63.9 Å². The first-order valence-electron chi connectivity index (χ1n) is 10.4. The Labute approximate surface area is 191 Å². The molecule has 9 heteroatoms. The van der Waals surface area contributed by atoms with Gasteiger partial charge in [0.15, 0.2) is 0 Å². The van der Waals surface area contributed by atoms with Gasteiger partial charge in [-0.1, -0.05) is 44.2 Å². The van der Waals surface area contributed by atoms with E-state index in [-0.39, 0.29) is 10.7 Å². The number of nitrogens with one attached hydrogen (secondary N) is 1. The number of benzene rings is 2. The summed E-state index contributed by atoms with van der Waals surface area (Å²) in [6.45, 7) is 5.27. The van der Waals surface area contributed by atoms with Gasteiger partial charge in [0.2, 0.25) is 15.2 Å². The van der Waals surface area contributed by atoms with E-state index in [9.17, 15) is 12.8 Å². The van der Waals surface area contributed by atoms with E-state index in [0.717, 1.165) is 6.42 Å². The Morgan fingerprint density at radius 3 is 2.66 bits per heavy atom. The zero-order chi connectivity index (χ0) is 22.7. The third-order valence-corrected chi connectivity index (χ3v) is 7.95. The molecule has 1 aliphatic rings. The van der Waals surface area contributed by atoms with Gasteiger partial charge < -0.3 is 0 Å². The van der Waals surface area contributed by atoms with Gasteiger partial charge in [-0.05, 0) is 36.5 Å². The second-order valence-electron chi connectivity index (χ2n) is 8.23. The van der Waals surface area contributed by atoms with E-state index in [0.29, 0.717) is 46.9 Å². The van der Waals surface area contributed by atoms with Crippen molar-refractivity contribution in [2.75, 3.05) is 18.5 Å². The standard InChI is InChI=1S/C23H25FN4O2S2/c1-16-10-17(2)14-28(13-16)32(29,30)20-8-5-7-18(11-20)22-15-31-23(26-22)27-25-12-19-6-3-4-9-21(19)24/h3-9,11-12,15-17H,10,13-14H2,1-2H3,(H,26,27)/b25-12+. The Morgan fingerprint density at radius 1 is 1.16 bits per heavy atom. The number of halogens is 1. The average Bonchev–Trinajstić information content (AvgIpc) is 3.23. The van der Waals surface area contributed by atoms with E-state index in [1.165, 1.54) is 23.6 Å². The van der Waals surface area contributed by atoms with Crippen LogP contribution in [0.1, 0.15) is 25.8 Å². The van der Waals surface area contributed by atoms with Crippen LogP contribution in [0, 0.1) is 17.7 Å². The molecule has 2 atom stereocenters. The molecule has 4 rings (SSSR count). The predicted octanol–water partition coefficient (Wildman–Crippen LogP) is 5.06. The second-order valence-corrected chi connectivity index (χ2v) is 11.0. The quantitative estimate of drug-likeness (QED) is 0.402. The molecule has 0 amide bonds. The van der Waals surface area contributed by atoms with E-state index < -0.39 is 10.0 Å². The van der Waals surface area contributed by atoms with Crippen molar-refractivity contribution in [2.24, 2.45) is 16.9 Å². The zero-order valence-corrected chi connectivity index (χ0v) is 19.5. The van der Waals surface area contributed by atoms with E-state index in [1.807, 2.05) is 11.4 Å². The molecule has 32 heavy (non-hydrogen) atoms. The number of rotatable bonds is 6. The van der Waals surface area contributed by atoms with Crippen LogP contribution in [-0.4, -0.2) is 37.0 Å². The third kappa shape index (κ3) is 5.06. The number of hydrazone groups is 1. The molecule has 2 heterocycles. The summed E-state index contributed by atoms with van der Waals surface area (Å²) in [5.74, 6) is 0.330. The van der Waals surface area contributed by atoms with Crippen LogP contribution < -0.4 is 5.43 Å². The highest BCUT2D eigenvalue weighted by Crippen LogP contribution is 2.30. The molecule has 0 radical (unpaired) electrons. The molecule has 6 nitrogen and oxygen atoms in total. The Morgan fingerprint density at radius 2 is 1.91 bits per heavy atom. The first-order chi connectivity index (χ1) is 15.3. The van der Waals surface area contributed by atoms with Gasteiger partial charge in [-0.2, -0.15) is 9.41 Å². The minimum atomic E-state index is -3.57. The summed E-state index contributed by atoms with van der Waals surface area (Å²) in [6.07, 6.45) is 2.43. The topological polar surface area (TPSA) is 74.7 Å². The van der Waals surface area contributed by atoms with Crippen molar-refractivity contribution < 1.29 is 12.8 Å². The smallest absolute Gasteiger partial charge is 0.243 e. The molecule has 1 aliphatic heterocycles. The number of sulfonamides is 1. The average molecular weight is 473 g/mol. The van der Waals surface area contributed by atoms with E-state index in [4.69, 9.17) is 0 Å². The molecule has 0 spiro atoms. The van der Waals surface area contributed by atoms with Crippen molar-refractivity contribution in [3.8, 4) is 11.3 Å². The SMILES string of the molecule is CC1CC(C)CN(S(=O)(=O)c2cccc(-c3csc(N/N=C/c4ccccc4F)n3)c2)C1. The normalized spacial score (nSPS) is 20.0. The third-order valence-electron chi connectivity index (χ3n) is 5.38. The largest absolute Gasteiger partial charge is 0.253 e. The number of piperidine rings is 1. The minimum Gasteiger partial charge on any atom is -0.253 e. The fourth-order valence-electron chi connectivity index (χ4n) is 3.96. The lowest BCUT2D eigenvalue weighted by Crippen LogP contribution is -2.42. The molecule has 1 saturated heterocycles. The molecule has 2 aromatic carbocycles. The highest BCUT2D eigenvalue weighted by molar-refractivity contribution is 7.89. The number of aromatic nitrogens is 1. The van der Waals surface area contributed by atoms with Gasteiger partial charge in [-0.15, -0.1) is 11.3 Å². The van der Waals surface area contributed by atoms with Crippen LogP contribution in [0.25, 0.3) is 11.3 Å². The van der Waals surface area contributed by atoms with Gasteiger partial charge in [-0.3, -0.25) is 5.43 Å². The van der Waals surface area contributed by atoms with E-state index in [2.05, 4.69) is 29.4 Å². The zero-order valence-electron chi connectivity index (χ0n) is 17.9. The lowest BCUT2D eigenvalue weighted by molar-refractivity contribution is 0.222. The molecular formula is C23H25FN4O2S2. The number of hydrogen-bond acceptors (Lipinski definition) is 6. The Kier molecular flexibility index (Phi) is 6.68. The van der Waals surface area contributed by atoms with Gasteiger partial charge >= 0.3 is 0 Å². The Hall–Kier alpha value is -2.62. The van der Waals surface area contributed by atoms with Gasteiger partial charge in [0.1, 0.15) is 5.82 Å². The van der Waals surface area contributed by atoms with Crippen LogP contribution in [-0.2, 0) is 10.0 Å². The number of nitrogens with zero attached hydrogens (tertiary/aromatic N) is 3. The summed E-state index contributed by atoms with van der Waals surface area (Å²) in [5, 5.41) is 6.40. The van der Waals surface area contributed by atoms with Crippen molar-refractivity contribution in [1.82, 2.24) is 9.29 Å². The number of hydrogen-bond donors (Lipinski definition) is 1. The fourth-order valence-corrected chi connectivity index (χ4v) is 6.36. The van der Waals surface area contributed by atoms with Crippen LogP contribution in [0.2, 0.25) is 0 Å². The minimum absolute atomic E-state index is 0.274. The van der Waals surface area contributed by atoms with Gasteiger partial charge in [0, 0.05) is 29.6 Å². The summed E-state index contributed by atoms with van der Waals surface area (Å²) < 4.78 is 41.7. The van der Waals surface area contributed by atoms with Gasteiger partial charge in [-0.25, -0.2) is 17.8 Å². The molecule has 0 saturated carbocycles. The summed E-state index contributed by atoms with van der Waals surface area (Å²) >= 11 is 1.34. The Bertz CT molecular complexity index is 1220. The van der Waals surface area contributed by atoms with Gasteiger partial charge in [0.05, 0.1) is 16.8 Å². The molecule has 1 N–H and O–H groups in total. The predicted molar refractivity (Wildman–Crippen MR) is 127 cm³/mol. The molecule has 1 aromatic heterocycles. The summed E-state index contributed by atoms with van der Waals surface area (Å²) in [6, 6.07) is 13.2. The molecule has 0 bridgehead atoms. The lowest BCUT2D eigenvalue weighted by Gasteiger charge is -2.34. The van der Waals surface area contributed by atoms with Crippen LogP contribution in [0.5, 0.6) is 0 Å². The van der Waals surface area contributed by atoms with Crippen molar-refractivity contribution in [3.63, 3.8) is 0 Å². The first kappa shape index (κ1) is 22.6. The lowest BCUT2D eigenvalue weighted by atomic mass is 9.94. The monoisotopic (exact) mass is 472 g/mol. The molecule has 168 valence electrons. The van der Waals surface area contributed by atoms with Crippen LogP contribution in [0.4, 0.5) is 9.52 Å². The number of thiazole rings is 1. The molecule has 2 unspecified atom stereocenters. The summed E-state index contributed by atoms with van der Waals surface area (Å²) in [7, 11) is -3.57. The maximum atomic E-state index is 13.7. The number of anilines is 1. The van der Waals surface area contributed by atoms with Crippen molar-refractivity contribution >= 4 is 32.7 Å². The highest BCUT2D eigenvalue weighted by Gasteiger charge is 2.31. The summed E-state index contributed by atoms with van der Waals surface area (Å²) in [4.78, 5) is 4.76. The van der Waals surface area contributed by atoms with E-state index >= 15 is 0 Å². The maximum absolute atomic E-state index is 13.7. The second kappa shape index (κ2) is 9.48. The Balaban J connectivity index is 1.50. The molecular weight excluding hydrogens is 447 g/mol. The molecule has 3 aromatic rings.